The number of nitrogens with zero attached hydrogens (tertiary/aromatic N) is 4. The zero-order chi connectivity index (χ0) is 22.5. The van der Waals surface area contributed by atoms with Gasteiger partial charge < -0.3 is 9.73 Å². The molecule has 4 rings (SSSR count). The predicted molar refractivity (Wildman–Crippen MR) is 121 cm³/mol. The summed E-state index contributed by atoms with van der Waals surface area (Å²) in [6.07, 6.45) is 1.50. The van der Waals surface area contributed by atoms with E-state index in [1.807, 2.05) is 6.92 Å². The molecule has 1 atom stereocenters. The molecule has 0 saturated carbocycles. The number of anilines is 1. The van der Waals surface area contributed by atoms with E-state index >= 15 is 0 Å². The highest BCUT2D eigenvalue weighted by Gasteiger charge is 2.27. The number of benzene rings is 1. The van der Waals surface area contributed by atoms with E-state index in [9.17, 15) is 9.18 Å². The molecule has 4 aromatic rings. The molecule has 0 radical (unpaired) electrons. The Labute approximate surface area is 191 Å². The van der Waals surface area contributed by atoms with Crippen molar-refractivity contribution in [3.05, 3.63) is 50.1 Å². The summed E-state index contributed by atoms with van der Waals surface area (Å²) < 4.78 is 24.4. The second-order valence-electron chi connectivity index (χ2n) is 8.12. The van der Waals surface area contributed by atoms with E-state index in [0.29, 0.717) is 39.7 Å². The Hall–Kier alpha value is -2.49. The second kappa shape index (κ2) is 7.89. The molecule has 0 aliphatic carbocycles. The van der Waals surface area contributed by atoms with Gasteiger partial charge >= 0.3 is 4.94 Å². The first-order valence-corrected chi connectivity index (χ1v) is 10.9. The molecule has 0 aliphatic heterocycles. The topological polar surface area (TPSA) is 85.3 Å². The van der Waals surface area contributed by atoms with Gasteiger partial charge in [0.2, 0.25) is 5.89 Å². The molecular formula is C20H18Cl2FN5O2S. The Balaban J connectivity index is 2.01. The lowest BCUT2D eigenvalue weighted by molar-refractivity contribution is 0.358. The van der Waals surface area contributed by atoms with Crippen LogP contribution in [0.2, 0.25) is 10.2 Å². The highest BCUT2D eigenvalue weighted by molar-refractivity contribution is 7.02. The summed E-state index contributed by atoms with van der Waals surface area (Å²) >= 11 is 13.7. The van der Waals surface area contributed by atoms with E-state index in [1.54, 1.807) is 10.6 Å². The first-order chi connectivity index (χ1) is 14.6. The van der Waals surface area contributed by atoms with E-state index in [1.165, 1.54) is 18.3 Å². The van der Waals surface area contributed by atoms with Gasteiger partial charge in [-0.2, -0.15) is 9.61 Å². The first-order valence-electron chi connectivity index (χ1n) is 9.32. The molecule has 0 spiro atoms. The zero-order valence-electron chi connectivity index (χ0n) is 17.0. The summed E-state index contributed by atoms with van der Waals surface area (Å²) in [7, 11) is 0. The third-order valence-corrected chi connectivity index (χ3v) is 6.14. The van der Waals surface area contributed by atoms with E-state index in [-0.39, 0.29) is 27.5 Å². The lowest BCUT2D eigenvalue weighted by Crippen LogP contribution is -2.32. The van der Waals surface area contributed by atoms with Crippen molar-refractivity contribution in [1.29, 1.82) is 0 Å². The molecule has 0 aliphatic rings. The molecule has 0 unspecified atom stereocenters. The molecule has 3 heterocycles. The number of aromatic nitrogens is 4. The highest BCUT2D eigenvalue weighted by atomic mass is 35.5. The van der Waals surface area contributed by atoms with Crippen molar-refractivity contribution in [1.82, 2.24) is 19.0 Å². The maximum absolute atomic E-state index is 13.7. The first kappa shape index (κ1) is 21.7. The summed E-state index contributed by atoms with van der Waals surface area (Å²) in [5.74, 6) is 0.169. The van der Waals surface area contributed by atoms with Crippen molar-refractivity contribution >= 4 is 46.2 Å². The fourth-order valence-corrected chi connectivity index (χ4v) is 3.84. The molecule has 3 aromatic heterocycles. The van der Waals surface area contributed by atoms with E-state index in [0.717, 1.165) is 0 Å². The average molecular weight is 482 g/mol. The fraction of sp³-hybridized carbons (Fsp3) is 0.300. The van der Waals surface area contributed by atoms with Crippen LogP contribution in [0.4, 0.5) is 10.2 Å². The summed E-state index contributed by atoms with van der Waals surface area (Å²) in [4.78, 5) is 15.4. The van der Waals surface area contributed by atoms with Crippen molar-refractivity contribution in [2.24, 2.45) is 5.41 Å². The third kappa shape index (κ3) is 4.05. The fourth-order valence-electron chi connectivity index (χ4n) is 2.90. The van der Waals surface area contributed by atoms with Crippen LogP contribution in [0.1, 0.15) is 27.7 Å². The van der Waals surface area contributed by atoms with Crippen LogP contribution >= 0.6 is 34.7 Å². The van der Waals surface area contributed by atoms with Crippen LogP contribution in [0.3, 0.4) is 0 Å². The number of rotatable bonds is 4. The molecule has 11 heteroatoms. The minimum absolute atomic E-state index is 0.0167. The number of halogens is 3. The van der Waals surface area contributed by atoms with Crippen molar-refractivity contribution in [2.75, 3.05) is 5.32 Å². The van der Waals surface area contributed by atoms with E-state index in [4.69, 9.17) is 27.6 Å². The van der Waals surface area contributed by atoms with Crippen LogP contribution in [0.15, 0.2) is 33.6 Å². The zero-order valence-corrected chi connectivity index (χ0v) is 19.4. The van der Waals surface area contributed by atoms with Crippen LogP contribution in [0.5, 0.6) is 0 Å². The van der Waals surface area contributed by atoms with Gasteiger partial charge in [0.25, 0.3) is 0 Å². The molecule has 0 amide bonds. The molecule has 1 N–H and O–H groups in total. The Bertz CT molecular complexity index is 1340. The van der Waals surface area contributed by atoms with Gasteiger partial charge in [-0.25, -0.2) is 14.2 Å². The number of nitrogens with one attached hydrogen (secondary N) is 1. The predicted octanol–water partition coefficient (Wildman–Crippen LogP) is 5.77. The molecule has 0 saturated heterocycles. The van der Waals surface area contributed by atoms with Crippen LogP contribution in [0.25, 0.3) is 28.2 Å². The van der Waals surface area contributed by atoms with E-state index < -0.39 is 10.8 Å². The van der Waals surface area contributed by atoms with Gasteiger partial charge in [-0.3, -0.25) is 0 Å². The van der Waals surface area contributed by atoms with Gasteiger partial charge in [-0.1, -0.05) is 44.0 Å². The molecule has 0 fully saturated rings. The molecule has 31 heavy (non-hydrogen) atoms. The van der Waals surface area contributed by atoms with Crippen molar-refractivity contribution < 1.29 is 8.81 Å². The normalized spacial score (nSPS) is 13.0. The van der Waals surface area contributed by atoms with Crippen molar-refractivity contribution in [2.45, 2.75) is 33.7 Å². The summed E-state index contributed by atoms with van der Waals surface area (Å²) in [5, 5.41) is 8.21. The van der Waals surface area contributed by atoms with E-state index in [2.05, 4.69) is 40.5 Å². The van der Waals surface area contributed by atoms with Gasteiger partial charge in [-0.05, 0) is 30.5 Å². The Morgan fingerprint density at radius 2 is 2.00 bits per heavy atom. The van der Waals surface area contributed by atoms with Gasteiger partial charge in [0.05, 0.1) is 28.3 Å². The summed E-state index contributed by atoms with van der Waals surface area (Å²) in [6, 6.07) is 4.05. The summed E-state index contributed by atoms with van der Waals surface area (Å²) in [5.41, 5.74) is 1.64. The lowest BCUT2D eigenvalue weighted by atomic mass is 9.88. The van der Waals surface area contributed by atoms with Gasteiger partial charge in [0.15, 0.2) is 5.65 Å². The van der Waals surface area contributed by atoms with Crippen LogP contribution in [-0.4, -0.2) is 25.0 Å². The standard InChI is InChI=1S/C20H18Cl2FN5O2S/c1-9(20(2,3)4)25-17-14(11-6-5-10(23)7-13(11)21)15(22)26-16-12(8-24-28(16)17)18-27-31-19(29)30-18/h5-9,25H,1-4H3/t9-/m1/s1. The van der Waals surface area contributed by atoms with Crippen LogP contribution < -0.4 is 10.3 Å². The molecular weight excluding hydrogens is 464 g/mol. The monoisotopic (exact) mass is 481 g/mol. The summed E-state index contributed by atoms with van der Waals surface area (Å²) in [6.45, 7) is 8.30. The molecule has 162 valence electrons. The number of hydrogen-bond acceptors (Lipinski definition) is 7. The maximum Gasteiger partial charge on any atom is 0.414 e. The van der Waals surface area contributed by atoms with Crippen LogP contribution in [-0.2, 0) is 0 Å². The SMILES string of the molecule is C[C@@H](Nc1c(-c2ccc(F)cc2Cl)c(Cl)nc2c(-c3nsc(=O)o3)cnn12)C(C)(C)C. The minimum Gasteiger partial charge on any atom is -0.394 e. The molecule has 7 nitrogen and oxygen atoms in total. The van der Waals surface area contributed by atoms with Crippen molar-refractivity contribution in [3.8, 4) is 22.6 Å². The van der Waals surface area contributed by atoms with Crippen molar-refractivity contribution in [3.63, 3.8) is 0 Å². The van der Waals surface area contributed by atoms with Gasteiger partial charge in [0, 0.05) is 11.6 Å². The molecule has 0 bridgehead atoms. The largest absolute Gasteiger partial charge is 0.414 e. The Morgan fingerprint density at radius 1 is 1.26 bits per heavy atom. The third-order valence-electron chi connectivity index (χ3n) is 5.07. The highest BCUT2D eigenvalue weighted by Crippen LogP contribution is 2.41. The Kier molecular flexibility index (Phi) is 5.53. The maximum atomic E-state index is 13.7. The lowest BCUT2D eigenvalue weighted by Gasteiger charge is -2.30. The van der Waals surface area contributed by atoms with Gasteiger partial charge in [0.1, 0.15) is 22.4 Å². The number of fused-ring (bicyclic) bond motifs is 1. The smallest absolute Gasteiger partial charge is 0.394 e. The second-order valence-corrected chi connectivity index (χ2v) is 9.58. The van der Waals surface area contributed by atoms with Gasteiger partial charge in [-0.15, -0.1) is 4.37 Å². The number of hydrogen-bond donors (Lipinski definition) is 1. The van der Waals surface area contributed by atoms with Crippen LogP contribution in [0, 0.1) is 11.2 Å². The average Bonchev–Trinajstić information content (AvgIpc) is 3.28. The Morgan fingerprint density at radius 3 is 2.61 bits per heavy atom. The quantitative estimate of drug-likeness (QED) is 0.372. The molecule has 1 aromatic carbocycles. The minimum atomic E-state index is -0.533.